The Morgan fingerprint density at radius 2 is 2.12 bits per heavy atom. The first kappa shape index (κ1) is 17.0. The lowest BCUT2D eigenvalue weighted by Gasteiger charge is -2.05. The number of halogens is 1. The molecule has 0 aliphatic carbocycles. The highest BCUT2D eigenvalue weighted by Gasteiger charge is 2.03. The molecule has 0 spiro atoms. The lowest BCUT2D eigenvalue weighted by atomic mass is 10.2. The minimum absolute atomic E-state index is 0.0891. The Kier molecular flexibility index (Phi) is 5.30. The highest BCUT2D eigenvalue weighted by atomic mass is 32.1. The molecule has 1 radical (unpaired) electrons. The fourth-order valence-electron chi connectivity index (χ4n) is 2.25. The van der Waals surface area contributed by atoms with Gasteiger partial charge in [0.15, 0.2) is 5.78 Å². The number of nitrogens with one attached hydrogen (secondary N) is 1. The summed E-state index contributed by atoms with van der Waals surface area (Å²) in [6.45, 7) is 0.0891. The van der Waals surface area contributed by atoms with E-state index in [0.717, 1.165) is 21.0 Å². The number of ketones is 1. The number of thiazole rings is 1. The zero-order valence-electron chi connectivity index (χ0n) is 13.2. The van der Waals surface area contributed by atoms with Gasteiger partial charge in [-0.25, -0.2) is 9.37 Å². The Bertz CT molecular complexity index is 950. The van der Waals surface area contributed by atoms with Gasteiger partial charge in [-0.3, -0.25) is 9.59 Å². The number of Topliss-reactive ketones (excluding diaryl/α,β-unsaturated/α-hetero) is 1. The highest BCUT2D eigenvalue weighted by molar-refractivity contribution is 7.19. The molecule has 0 saturated heterocycles. The molecule has 0 atom stereocenters. The largest absolute Gasteiger partial charge is 0.378 e. The van der Waals surface area contributed by atoms with E-state index in [1.807, 2.05) is 36.4 Å². The van der Waals surface area contributed by atoms with Gasteiger partial charge in [-0.1, -0.05) is 18.2 Å². The second-order valence-corrected chi connectivity index (χ2v) is 6.40. The molecule has 0 unspecified atom stereocenters. The van der Waals surface area contributed by atoms with Crippen LogP contribution in [-0.2, 0) is 9.59 Å². The van der Waals surface area contributed by atoms with Crippen molar-refractivity contribution in [1.29, 1.82) is 0 Å². The molecular formula is C19H14FN2O2S. The number of carbonyl (C=O) groups excluding carboxylic acids is 2. The van der Waals surface area contributed by atoms with Crippen LogP contribution >= 0.6 is 11.3 Å². The molecule has 0 aliphatic rings. The number of nitrogens with zero attached hydrogens (tertiary/aromatic N) is 1. The Labute approximate surface area is 148 Å². The molecule has 2 aromatic carbocycles. The summed E-state index contributed by atoms with van der Waals surface area (Å²) in [4.78, 5) is 25.9. The lowest BCUT2D eigenvalue weighted by Crippen LogP contribution is -2.13. The van der Waals surface area contributed by atoms with Crippen molar-refractivity contribution in [3.63, 3.8) is 0 Å². The number of benzene rings is 2. The van der Waals surface area contributed by atoms with Gasteiger partial charge in [0.05, 0.1) is 23.2 Å². The van der Waals surface area contributed by atoms with E-state index in [-0.39, 0.29) is 24.6 Å². The quantitative estimate of drug-likeness (QED) is 0.650. The van der Waals surface area contributed by atoms with E-state index in [1.54, 1.807) is 12.4 Å². The second-order valence-electron chi connectivity index (χ2n) is 5.34. The number of hydrogen-bond donors (Lipinski definition) is 1. The van der Waals surface area contributed by atoms with Crippen LogP contribution in [0.25, 0.3) is 22.4 Å². The Morgan fingerprint density at radius 1 is 1.24 bits per heavy atom. The van der Waals surface area contributed by atoms with E-state index >= 15 is 0 Å². The van der Waals surface area contributed by atoms with Crippen LogP contribution in [0.5, 0.6) is 0 Å². The highest BCUT2D eigenvalue weighted by Crippen LogP contribution is 2.24. The monoisotopic (exact) mass is 353 g/mol. The third-order valence-electron chi connectivity index (χ3n) is 3.43. The number of rotatable bonds is 7. The maximum Gasteiger partial charge on any atom is 0.206 e. The normalized spacial score (nSPS) is 11.1. The first-order valence-electron chi connectivity index (χ1n) is 7.59. The third-order valence-corrected chi connectivity index (χ3v) is 4.43. The van der Waals surface area contributed by atoms with E-state index in [9.17, 15) is 14.0 Å². The first-order valence-corrected chi connectivity index (χ1v) is 8.40. The van der Waals surface area contributed by atoms with Crippen molar-refractivity contribution in [1.82, 2.24) is 4.98 Å². The minimum Gasteiger partial charge on any atom is -0.378 e. The van der Waals surface area contributed by atoms with Crippen molar-refractivity contribution in [2.24, 2.45) is 0 Å². The molecule has 0 saturated carbocycles. The van der Waals surface area contributed by atoms with E-state index in [0.29, 0.717) is 5.52 Å². The van der Waals surface area contributed by atoms with E-state index < -0.39 is 0 Å². The van der Waals surface area contributed by atoms with Gasteiger partial charge in [-0.05, 0) is 35.9 Å². The smallest absolute Gasteiger partial charge is 0.206 e. The number of fused-ring (bicyclic) bond motifs is 1. The molecule has 1 heterocycles. The van der Waals surface area contributed by atoms with Crippen LogP contribution in [0, 0.1) is 5.82 Å². The van der Waals surface area contributed by atoms with Gasteiger partial charge in [0.2, 0.25) is 6.29 Å². The Hall–Kier alpha value is -2.86. The molecule has 4 nitrogen and oxygen atoms in total. The fourth-order valence-corrected chi connectivity index (χ4v) is 3.10. The SMILES string of the molecule is O=[C]CC(=O)CNc1cccc(C=Cc2nc3cc(F)ccc3s2)c1. The van der Waals surface area contributed by atoms with Crippen molar-refractivity contribution in [3.05, 3.63) is 58.9 Å². The summed E-state index contributed by atoms with van der Waals surface area (Å²) in [6.07, 6.45) is 5.16. The molecule has 0 bridgehead atoms. The zero-order valence-corrected chi connectivity index (χ0v) is 14.0. The Morgan fingerprint density at radius 3 is 2.96 bits per heavy atom. The average molecular weight is 353 g/mol. The maximum absolute atomic E-state index is 13.2. The molecule has 6 heteroatoms. The predicted octanol–water partition coefficient (Wildman–Crippen LogP) is 4.09. The van der Waals surface area contributed by atoms with Crippen molar-refractivity contribution in [2.75, 3.05) is 11.9 Å². The third kappa shape index (κ3) is 4.58. The zero-order chi connectivity index (χ0) is 17.6. The maximum atomic E-state index is 13.2. The van der Waals surface area contributed by atoms with E-state index in [1.165, 1.54) is 23.5 Å². The summed E-state index contributed by atoms with van der Waals surface area (Å²) < 4.78 is 14.1. The summed E-state index contributed by atoms with van der Waals surface area (Å²) in [7, 11) is 0. The average Bonchev–Trinajstić information content (AvgIpc) is 3.01. The topological polar surface area (TPSA) is 59.1 Å². The van der Waals surface area contributed by atoms with Crippen LogP contribution in [0.3, 0.4) is 0 Å². The van der Waals surface area contributed by atoms with Gasteiger partial charge in [0.1, 0.15) is 10.8 Å². The number of carbonyl (C=O) groups is 1. The summed E-state index contributed by atoms with van der Waals surface area (Å²) in [6, 6.07) is 12.1. The summed E-state index contributed by atoms with van der Waals surface area (Å²) in [5, 5.41) is 3.77. The van der Waals surface area contributed by atoms with Gasteiger partial charge in [0, 0.05) is 11.8 Å². The molecule has 1 N–H and O–H groups in total. The molecule has 0 amide bonds. The van der Waals surface area contributed by atoms with Crippen LogP contribution < -0.4 is 5.32 Å². The van der Waals surface area contributed by atoms with Crippen LogP contribution in [0.15, 0.2) is 42.5 Å². The van der Waals surface area contributed by atoms with Crippen molar-refractivity contribution in [2.45, 2.75) is 6.42 Å². The van der Waals surface area contributed by atoms with Crippen LogP contribution in [0.1, 0.15) is 17.0 Å². The second kappa shape index (κ2) is 7.81. The van der Waals surface area contributed by atoms with Gasteiger partial charge in [-0.2, -0.15) is 0 Å². The molecule has 125 valence electrons. The van der Waals surface area contributed by atoms with Crippen LogP contribution in [0.2, 0.25) is 0 Å². The molecule has 0 aliphatic heterocycles. The molecule has 1 aromatic heterocycles. The molecule has 3 rings (SSSR count). The first-order chi connectivity index (χ1) is 12.1. The number of anilines is 1. The van der Waals surface area contributed by atoms with Gasteiger partial charge >= 0.3 is 0 Å². The van der Waals surface area contributed by atoms with E-state index in [2.05, 4.69) is 10.3 Å². The molecular weight excluding hydrogens is 339 g/mol. The van der Waals surface area contributed by atoms with Gasteiger partial charge < -0.3 is 5.32 Å². The van der Waals surface area contributed by atoms with Crippen LogP contribution in [0.4, 0.5) is 10.1 Å². The van der Waals surface area contributed by atoms with Crippen molar-refractivity contribution < 1.29 is 14.0 Å². The fraction of sp³-hybridized carbons (Fsp3) is 0.105. The van der Waals surface area contributed by atoms with Gasteiger partial charge in [-0.15, -0.1) is 11.3 Å². The lowest BCUT2D eigenvalue weighted by molar-refractivity contribution is -0.116. The molecule has 3 aromatic rings. The van der Waals surface area contributed by atoms with Crippen molar-refractivity contribution >= 4 is 51.5 Å². The summed E-state index contributed by atoms with van der Waals surface area (Å²) in [5.74, 6) is -0.508. The Balaban J connectivity index is 1.71. The molecule has 0 fully saturated rings. The van der Waals surface area contributed by atoms with Crippen LogP contribution in [-0.4, -0.2) is 23.6 Å². The molecule has 25 heavy (non-hydrogen) atoms. The predicted molar refractivity (Wildman–Crippen MR) is 98.8 cm³/mol. The number of aromatic nitrogens is 1. The minimum atomic E-state index is -0.297. The van der Waals surface area contributed by atoms with E-state index in [4.69, 9.17) is 0 Å². The summed E-state index contributed by atoms with van der Waals surface area (Å²) in [5.41, 5.74) is 2.36. The number of hydrogen-bond acceptors (Lipinski definition) is 5. The summed E-state index contributed by atoms with van der Waals surface area (Å²) >= 11 is 1.49. The van der Waals surface area contributed by atoms with Crippen molar-refractivity contribution in [3.8, 4) is 0 Å². The standard InChI is InChI=1S/C19H14FN2O2S/c20-14-5-6-18-17(11-14)22-19(25-18)7-4-13-2-1-3-15(10-13)21-12-16(24)8-9-23/h1-7,10-11,21H,8,12H2. The van der Waals surface area contributed by atoms with Gasteiger partial charge in [0.25, 0.3) is 0 Å².